The van der Waals surface area contributed by atoms with Crippen LogP contribution in [-0.4, -0.2) is 65.8 Å². The number of carbonyl (C=O) groups is 4. The number of esters is 1. The molecule has 1 atom stereocenters. The zero-order valence-electron chi connectivity index (χ0n) is 16.9. The van der Waals surface area contributed by atoms with E-state index in [0.29, 0.717) is 5.56 Å². The number of nitrogens with one attached hydrogen (secondary N) is 3. The third-order valence-electron chi connectivity index (χ3n) is 3.95. The lowest BCUT2D eigenvalue weighted by Crippen LogP contribution is -2.38. The third-order valence-corrected chi connectivity index (χ3v) is 3.95. The largest absolute Gasteiger partial charge is 0.454 e. The van der Waals surface area contributed by atoms with Crippen molar-refractivity contribution in [3.63, 3.8) is 0 Å². The molecule has 1 aromatic carbocycles. The van der Waals surface area contributed by atoms with Crippen molar-refractivity contribution in [1.82, 2.24) is 25.5 Å². The number of benzene rings is 1. The predicted molar refractivity (Wildman–Crippen MR) is 108 cm³/mol. The first-order valence-corrected chi connectivity index (χ1v) is 9.03. The summed E-state index contributed by atoms with van der Waals surface area (Å²) in [5.41, 5.74) is 5.32. The summed E-state index contributed by atoms with van der Waals surface area (Å²) in [6.45, 7) is -1.01. The second kappa shape index (κ2) is 10.6. The van der Waals surface area contributed by atoms with Gasteiger partial charge in [0.25, 0.3) is 23.3 Å². The van der Waals surface area contributed by atoms with Crippen LogP contribution in [0.25, 0.3) is 0 Å². The number of aromatic nitrogens is 2. The molecule has 0 saturated heterocycles. The van der Waals surface area contributed by atoms with Gasteiger partial charge in [-0.15, -0.1) is 0 Å². The van der Waals surface area contributed by atoms with E-state index < -0.39 is 54.4 Å². The van der Waals surface area contributed by atoms with Gasteiger partial charge in [-0.2, -0.15) is 0 Å². The number of amides is 3. The van der Waals surface area contributed by atoms with Crippen molar-refractivity contribution in [2.75, 3.05) is 27.2 Å². The summed E-state index contributed by atoms with van der Waals surface area (Å²) in [7, 11) is 3.00. The fourth-order valence-electron chi connectivity index (χ4n) is 2.19. The Hall–Kier alpha value is -4.06. The highest BCUT2D eigenvalue weighted by Gasteiger charge is 2.18. The molecule has 12 nitrogen and oxygen atoms in total. The first kappa shape index (κ1) is 23.2. The summed E-state index contributed by atoms with van der Waals surface area (Å²) < 4.78 is 4.70. The van der Waals surface area contributed by atoms with Gasteiger partial charge in [0.15, 0.2) is 12.4 Å². The molecule has 0 saturated carbocycles. The number of rotatable bonds is 8. The maximum absolute atomic E-state index is 12.3. The molecule has 0 aliphatic heterocycles. The van der Waals surface area contributed by atoms with Crippen molar-refractivity contribution in [3.8, 4) is 0 Å². The van der Waals surface area contributed by atoms with Crippen LogP contribution in [0.5, 0.6) is 0 Å². The van der Waals surface area contributed by atoms with Gasteiger partial charge >= 0.3 is 5.97 Å². The minimum Gasteiger partial charge on any atom is -0.454 e. The molecule has 0 aliphatic carbocycles. The molecular formula is C19H22N6O6. The molecule has 164 valence electrons. The van der Waals surface area contributed by atoms with E-state index >= 15 is 0 Å². The van der Waals surface area contributed by atoms with Crippen LogP contribution in [0.15, 0.2) is 41.3 Å². The van der Waals surface area contributed by atoms with Gasteiger partial charge in [0, 0.05) is 20.3 Å². The quantitative estimate of drug-likeness (QED) is 0.289. The third kappa shape index (κ3) is 6.75. The Morgan fingerprint density at radius 2 is 1.84 bits per heavy atom. The number of H-pyrrole nitrogens is 1. The number of ether oxygens (including phenoxy) is 1. The Balaban J connectivity index is 1.93. The van der Waals surface area contributed by atoms with Gasteiger partial charge in [-0.25, -0.2) is 4.98 Å². The minimum atomic E-state index is -0.874. The summed E-state index contributed by atoms with van der Waals surface area (Å²) in [6, 6.07) is 8.71. The van der Waals surface area contributed by atoms with E-state index in [1.807, 2.05) is 0 Å². The number of hydrogen-bond acceptors (Lipinski definition) is 8. The van der Waals surface area contributed by atoms with Gasteiger partial charge in [0.05, 0.1) is 0 Å². The molecule has 5 N–H and O–H groups in total. The molecule has 1 unspecified atom stereocenters. The normalized spacial score (nSPS) is 11.2. The Labute approximate surface area is 176 Å². The van der Waals surface area contributed by atoms with Crippen LogP contribution < -0.4 is 21.9 Å². The van der Waals surface area contributed by atoms with Crippen molar-refractivity contribution >= 4 is 23.7 Å². The van der Waals surface area contributed by atoms with Crippen LogP contribution in [0.3, 0.4) is 0 Å². The van der Waals surface area contributed by atoms with E-state index in [4.69, 9.17) is 10.5 Å². The van der Waals surface area contributed by atoms with Crippen LogP contribution in [-0.2, 0) is 14.3 Å². The number of likely N-dealkylation sites (N-methyl/N-ethyl adjacent to an activating group) is 1. The lowest BCUT2D eigenvalue weighted by atomic mass is 10.1. The fraction of sp³-hybridized carbons (Fsp3) is 0.263. The highest BCUT2D eigenvalue weighted by Crippen LogP contribution is 2.06. The Bertz CT molecular complexity index is 1020. The van der Waals surface area contributed by atoms with Crippen LogP contribution in [0.4, 0.5) is 0 Å². The number of aromatic amines is 1. The zero-order chi connectivity index (χ0) is 23.0. The van der Waals surface area contributed by atoms with E-state index in [1.54, 1.807) is 30.3 Å². The van der Waals surface area contributed by atoms with Crippen LogP contribution >= 0.6 is 0 Å². The topological polar surface area (TPSA) is 177 Å². The smallest absolute Gasteiger partial charge is 0.325 e. The molecule has 12 heteroatoms. The van der Waals surface area contributed by atoms with Crippen molar-refractivity contribution in [3.05, 3.63) is 63.8 Å². The van der Waals surface area contributed by atoms with Crippen molar-refractivity contribution < 1.29 is 23.9 Å². The molecule has 1 heterocycles. The number of hydrogen-bond donors (Lipinski definition) is 4. The van der Waals surface area contributed by atoms with Crippen molar-refractivity contribution in [2.45, 2.75) is 6.17 Å². The Morgan fingerprint density at radius 3 is 2.45 bits per heavy atom. The molecule has 2 aromatic rings. The van der Waals surface area contributed by atoms with E-state index in [1.165, 1.54) is 19.0 Å². The highest BCUT2D eigenvalue weighted by molar-refractivity contribution is 5.95. The summed E-state index contributed by atoms with van der Waals surface area (Å²) in [5.74, 6) is -3.33. The van der Waals surface area contributed by atoms with Gasteiger partial charge in [-0.1, -0.05) is 30.3 Å². The molecule has 2 rings (SSSR count). The van der Waals surface area contributed by atoms with Crippen molar-refractivity contribution in [2.24, 2.45) is 5.73 Å². The lowest BCUT2D eigenvalue weighted by molar-refractivity contribution is -0.150. The molecular weight excluding hydrogens is 408 g/mol. The van der Waals surface area contributed by atoms with Gasteiger partial charge in [-0.05, 0) is 5.56 Å². The number of carbonyl (C=O) groups excluding carboxylic acids is 4. The number of nitrogens with two attached hydrogens (primary N) is 1. The molecule has 0 bridgehead atoms. The van der Waals surface area contributed by atoms with Crippen LogP contribution in [0.2, 0.25) is 0 Å². The predicted octanol–water partition coefficient (Wildman–Crippen LogP) is -1.48. The average Bonchev–Trinajstić information content (AvgIpc) is 2.75. The maximum Gasteiger partial charge on any atom is 0.325 e. The van der Waals surface area contributed by atoms with E-state index in [-0.39, 0.29) is 5.56 Å². The maximum atomic E-state index is 12.3. The monoisotopic (exact) mass is 430 g/mol. The summed E-state index contributed by atoms with van der Waals surface area (Å²) in [4.78, 5) is 66.6. The zero-order valence-corrected chi connectivity index (χ0v) is 16.9. The van der Waals surface area contributed by atoms with Crippen LogP contribution in [0, 0.1) is 0 Å². The highest BCUT2D eigenvalue weighted by atomic mass is 16.5. The first-order chi connectivity index (χ1) is 14.7. The molecule has 0 radical (unpaired) electrons. The molecule has 31 heavy (non-hydrogen) atoms. The van der Waals surface area contributed by atoms with E-state index in [2.05, 4.69) is 20.6 Å². The molecule has 0 fully saturated rings. The SMILES string of the molecule is CN(C)C(=O)COC(=O)CNC(=O)c1ncc(C(=O)NC(N)c2ccccc2)c(=O)[nH]1. The molecule has 1 aromatic heterocycles. The van der Waals surface area contributed by atoms with Gasteiger partial charge in [0.1, 0.15) is 18.3 Å². The molecule has 0 spiro atoms. The second-order valence-corrected chi connectivity index (χ2v) is 6.47. The Kier molecular flexibility index (Phi) is 7.97. The van der Waals surface area contributed by atoms with Crippen LogP contribution in [0.1, 0.15) is 32.7 Å². The molecule has 0 aliphatic rings. The Morgan fingerprint density at radius 1 is 1.16 bits per heavy atom. The van der Waals surface area contributed by atoms with Gasteiger partial charge in [-0.3, -0.25) is 24.0 Å². The van der Waals surface area contributed by atoms with Gasteiger partial charge in [0.2, 0.25) is 0 Å². The summed E-state index contributed by atoms with van der Waals surface area (Å²) >= 11 is 0. The summed E-state index contributed by atoms with van der Waals surface area (Å²) in [6.07, 6.45) is 0.0796. The number of nitrogens with zero attached hydrogens (tertiary/aromatic N) is 2. The summed E-state index contributed by atoms with van der Waals surface area (Å²) in [5, 5.41) is 4.65. The molecule has 3 amide bonds. The standard InChI is InChI=1S/C19H22N6O6/c1-25(2)13(26)10-31-14(27)9-22-19(30)16-21-8-12(18(29)24-16)17(28)23-15(20)11-6-4-3-5-7-11/h3-8,15H,9-10,20H2,1-2H3,(H,22,30)(H,23,28)(H,21,24,29). The lowest BCUT2D eigenvalue weighted by Gasteiger charge is -2.13. The fourth-order valence-corrected chi connectivity index (χ4v) is 2.19. The van der Waals surface area contributed by atoms with Crippen molar-refractivity contribution in [1.29, 1.82) is 0 Å². The first-order valence-electron chi connectivity index (χ1n) is 9.03. The van der Waals surface area contributed by atoms with E-state index in [0.717, 1.165) is 6.20 Å². The average molecular weight is 430 g/mol. The van der Waals surface area contributed by atoms with Gasteiger partial charge < -0.3 is 31.0 Å². The second-order valence-electron chi connectivity index (χ2n) is 6.47. The minimum absolute atomic E-state index is 0.343. The van der Waals surface area contributed by atoms with E-state index in [9.17, 15) is 24.0 Å².